The Balaban J connectivity index is 1.98. The highest BCUT2D eigenvalue weighted by Crippen LogP contribution is 2.22. The van der Waals surface area contributed by atoms with Gasteiger partial charge in [0.05, 0.1) is 11.4 Å². The van der Waals surface area contributed by atoms with Gasteiger partial charge in [-0.05, 0) is 25.0 Å². The molecule has 2 aromatic rings. The van der Waals surface area contributed by atoms with Gasteiger partial charge in [0.1, 0.15) is 0 Å². The molecule has 0 unspecified atom stereocenters. The van der Waals surface area contributed by atoms with Gasteiger partial charge >= 0.3 is 0 Å². The van der Waals surface area contributed by atoms with Gasteiger partial charge in [0.2, 0.25) is 5.91 Å². The fourth-order valence-corrected chi connectivity index (χ4v) is 2.70. The highest BCUT2D eigenvalue weighted by Gasteiger charge is 2.09. The fourth-order valence-electron chi connectivity index (χ4n) is 1.90. The van der Waals surface area contributed by atoms with Crippen molar-refractivity contribution in [1.82, 2.24) is 14.9 Å². The van der Waals surface area contributed by atoms with Gasteiger partial charge in [-0.15, -0.1) is 0 Å². The zero-order chi connectivity index (χ0) is 15.1. The lowest BCUT2D eigenvalue weighted by Crippen LogP contribution is -2.26. The third-order valence-electron chi connectivity index (χ3n) is 2.97. The molecule has 2 N–H and O–H groups in total. The monoisotopic (exact) mass is 305 g/mol. The van der Waals surface area contributed by atoms with Crippen molar-refractivity contribution in [3.63, 3.8) is 0 Å². The highest BCUT2D eigenvalue weighted by molar-refractivity contribution is 7.99. The van der Waals surface area contributed by atoms with Crippen molar-refractivity contribution in [3.8, 4) is 5.69 Å². The Morgan fingerprint density at radius 2 is 2.24 bits per heavy atom. The summed E-state index contributed by atoms with van der Waals surface area (Å²) in [4.78, 5) is 16.0. The molecule has 0 radical (unpaired) electrons. The van der Waals surface area contributed by atoms with E-state index in [0.29, 0.717) is 18.7 Å². The Hall–Kier alpha value is -1.79. The number of aliphatic hydroxyl groups is 1. The minimum absolute atomic E-state index is 0.0483. The van der Waals surface area contributed by atoms with Crippen molar-refractivity contribution in [3.05, 3.63) is 42.2 Å². The number of amides is 1. The van der Waals surface area contributed by atoms with Crippen LogP contribution in [0.25, 0.3) is 5.69 Å². The lowest BCUT2D eigenvalue weighted by atomic mass is 10.2. The number of nitrogens with zero attached hydrogens (tertiary/aromatic N) is 2. The highest BCUT2D eigenvalue weighted by atomic mass is 32.2. The van der Waals surface area contributed by atoms with Crippen LogP contribution in [-0.2, 0) is 4.79 Å². The average Bonchev–Trinajstić information content (AvgIpc) is 2.94. The largest absolute Gasteiger partial charge is 0.396 e. The van der Waals surface area contributed by atoms with E-state index in [2.05, 4.69) is 10.3 Å². The van der Waals surface area contributed by atoms with E-state index in [0.717, 1.165) is 16.4 Å². The normalized spacial score (nSPS) is 10.6. The molecule has 0 fully saturated rings. The molecule has 0 bridgehead atoms. The number of para-hydroxylation sites is 1. The molecule has 1 aromatic carbocycles. The zero-order valence-corrected chi connectivity index (χ0v) is 12.8. The van der Waals surface area contributed by atoms with Crippen LogP contribution in [-0.4, -0.2) is 39.5 Å². The second kappa shape index (κ2) is 7.85. The molecule has 21 heavy (non-hydrogen) atoms. The van der Waals surface area contributed by atoms with E-state index in [1.54, 1.807) is 6.20 Å². The van der Waals surface area contributed by atoms with Gasteiger partial charge in [-0.2, -0.15) is 0 Å². The first-order valence-corrected chi connectivity index (χ1v) is 7.80. The molecule has 0 aliphatic rings. The maximum absolute atomic E-state index is 11.7. The number of nitrogens with one attached hydrogen (secondary N) is 1. The predicted octanol–water partition coefficient (Wildman–Crippen LogP) is 1.77. The number of aryl methyl sites for hydroxylation is 1. The Kier molecular flexibility index (Phi) is 5.83. The van der Waals surface area contributed by atoms with Crippen LogP contribution < -0.4 is 5.32 Å². The lowest BCUT2D eigenvalue weighted by Gasteiger charge is -2.10. The smallest absolute Gasteiger partial charge is 0.230 e. The quantitative estimate of drug-likeness (QED) is 0.604. The van der Waals surface area contributed by atoms with Crippen LogP contribution in [0.5, 0.6) is 0 Å². The molecule has 0 aliphatic heterocycles. The molecule has 112 valence electrons. The van der Waals surface area contributed by atoms with Crippen LogP contribution in [0.1, 0.15) is 12.0 Å². The molecule has 0 atom stereocenters. The molecule has 6 heteroatoms. The van der Waals surface area contributed by atoms with E-state index in [1.165, 1.54) is 11.8 Å². The van der Waals surface area contributed by atoms with Crippen molar-refractivity contribution in [2.45, 2.75) is 18.5 Å². The molecule has 5 nitrogen and oxygen atoms in total. The summed E-state index contributed by atoms with van der Waals surface area (Å²) in [5.74, 6) is 0.265. The van der Waals surface area contributed by atoms with Gasteiger partial charge in [-0.3, -0.25) is 9.36 Å². The van der Waals surface area contributed by atoms with Crippen molar-refractivity contribution in [2.24, 2.45) is 0 Å². The first-order valence-electron chi connectivity index (χ1n) is 6.82. The number of hydrogen-bond donors (Lipinski definition) is 2. The number of thioether (sulfide) groups is 1. The summed E-state index contributed by atoms with van der Waals surface area (Å²) in [5, 5.41) is 12.2. The first-order chi connectivity index (χ1) is 10.2. The Morgan fingerprint density at radius 1 is 1.43 bits per heavy atom. The van der Waals surface area contributed by atoms with E-state index >= 15 is 0 Å². The average molecular weight is 305 g/mol. The minimum Gasteiger partial charge on any atom is -0.396 e. The number of imidazole rings is 1. The summed E-state index contributed by atoms with van der Waals surface area (Å²) in [7, 11) is 0. The number of carbonyl (C=O) groups is 1. The van der Waals surface area contributed by atoms with Crippen LogP contribution in [0.15, 0.2) is 41.8 Å². The van der Waals surface area contributed by atoms with Gasteiger partial charge in [0, 0.05) is 25.5 Å². The van der Waals surface area contributed by atoms with Gasteiger partial charge in [-0.25, -0.2) is 4.98 Å². The molecular formula is C15H19N3O2S. The van der Waals surface area contributed by atoms with Crippen LogP contribution in [0, 0.1) is 6.92 Å². The zero-order valence-electron chi connectivity index (χ0n) is 12.0. The predicted molar refractivity (Wildman–Crippen MR) is 83.7 cm³/mol. The van der Waals surface area contributed by atoms with E-state index in [9.17, 15) is 4.79 Å². The summed E-state index contributed by atoms with van der Waals surface area (Å²) < 4.78 is 1.99. The van der Waals surface area contributed by atoms with E-state index in [4.69, 9.17) is 5.11 Å². The van der Waals surface area contributed by atoms with E-state index < -0.39 is 0 Å². The fraction of sp³-hybridized carbons (Fsp3) is 0.333. The SMILES string of the molecule is Cc1ccccc1-n1ccnc1SCC(=O)NCCCO. The van der Waals surface area contributed by atoms with Crippen molar-refractivity contribution in [2.75, 3.05) is 18.9 Å². The summed E-state index contributed by atoms with van der Waals surface area (Å²) in [5.41, 5.74) is 2.22. The second-order valence-corrected chi connectivity index (χ2v) is 5.52. The number of benzene rings is 1. The summed E-state index contributed by atoms with van der Waals surface area (Å²) in [6, 6.07) is 8.06. The first kappa shape index (κ1) is 15.6. The third-order valence-corrected chi connectivity index (χ3v) is 3.94. The van der Waals surface area contributed by atoms with Gasteiger partial charge < -0.3 is 10.4 Å². The number of hydrogen-bond acceptors (Lipinski definition) is 4. The molecular weight excluding hydrogens is 286 g/mol. The topological polar surface area (TPSA) is 67.2 Å². The number of aromatic nitrogens is 2. The van der Waals surface area contributed by atoms with E-state index in [1.807, 2.05) is 42.0 Å². The summed E-state index contributed by atoms with van der Waals surface area (Å²) in [6.45, 7) is 2.64. The number of rotatable bonds is 7. The van der Waals surface area contributed by atoms with Crippen molar-refractivity contribution in [1.29, 1.82) is 0 Å². The maximum Gasteiger partial charge on any atom is 0.230 e. The molecule has 0 saturated carbocycles. The van der Waals surface area contributed by atoms with Gasteiger partial charge in [0.15, 0.2) is 5.16 Å². The molecule has 0 saturated heterocycles. The summed E-state index contributed by atoms with van der Waals surface area (Å²) >= 11 is 1.40. The van der Waals surface area contributed by atoms with Gasteiger partial charge in [-0.1, -0.05) is 30.0 Å². The Morgan fingerprint density at radius 3 is 3.00 bits per heavy atom. The standard InChI is InChI=1S/C15H19N3O2S/c1-12-5-2-3-6-13(12)18-9-8-17-15(18)21-11-14(20)16-7-4-10-19/h2-3,5-6,8-9,19H,4,7,10-11H2,1H3,(H,16,20). The summed E-state index contributed by atoms with van der Waals surface area (Å²) in [6.07, 6.45) is 4.21. The second-order valence-electron chi connectivity index (χ2n) is 4.58. The van der Waals surface area contributed by atoms with Gasteiger partial charge in [0.25, 0.3) is 0 Å². The van der Waals surface area contributed by atoms with Crippen molar-refractivity contribution >= 4 is 17.7 Å². The third kappa shape index (κ3) is 4.34. The molecule has 1 aromatic heterocycles. The molecule has 1 amide bonds. The molecule has 1 heterocycles. The molecule has 0 spiro atoms. The number of carbonyl (C=O) groups excluding carboxylic acids is 1. The Labute approximate surface area is 128 Å². The molecule has 0 aliphatic carbocycles. The van der Waals surface area contributed by atoms with Crippen molar-refractivity contribution < 1.29 is 9.90 Å². The Bertz CT molecular complexity index is 598. The minimum atomic E-state index is -0.0483. The number of aliphatic hydroxyl groups excluding tert-OH is 1. The van der Waals surface area contributed by atoms with Crippen LogP contribution in [0.4, 0.5) is 0 Å². The maximum atomic E-state index is 11.7. The van der Waals surface area contributed by atoms with Crippen LogP contribution in [0.2, 0.25) is 0 Å². The van der Waals surface area contributed by atoms with Crippen LogP contribution >= 0.6 is 11.8 Å². The van der Waals surface area contributed by atoms with E-state index in [-0.39, 0.29) is 12.5 Å². The molecule has 2 rings (SSSR count). The lowest BCUT2D eigenvalue weighted by molar-refractivity contribution is -0.118. The van der Waals surface area contributed by atoms with Crippen LogP contribution in [0.3, 0.4) is 0 Å².